The minimum atomic E-state index is 0.634. The number of thioether (sulfide) groups is 1. The minimum absolute atomic E-state index is 0.634. The summed E-state index contributed by atoms with van der Waals surface area (Å²) in [5.41, 5.74) is 1.25. The number of nitrogens with one attached hydrogen (secondary N) is 1. The monoisotopic (exact) mass is 321 g/mol. The fourth-order valence-electron chi connectivity index (χ4n) is 2.01. The molecule has 0 unspecified atom stereocenters. The van der Waals surface area contributed by atoms with Crippen molar-refractivity contribution in [2.24, 2.45) is 7.05 Å². The van der Waals surface area contributed by atoms with Crippen LogP contribution < -0.4 is 5.32 Å². The van der Waals surface area contributed by atoms with Crippen molar-refractivity contribution in [1.82, 2.24) is 30.2 Å². The zero-order valence-corrected chi connectivity index (χ0v) is 13.8. The molecule has 0 aromatic carbocycles. The number of rotatable bonds is 4. The number of hydrogen-bond acceptors (Lipinski definition) is 8. The largest absolute Gasteiger partial charge is 0.372 e. The first kappa shape index (κ1) is 14.2. The number of thiophene rings is 1. The Morgan fingerprint density at radius 3 is 2.76 bits per heavy atom. The van der Waals surface area contributed by atoms with E-state index >= 15 is 0 Å². The molecule has 0 atom stereocenters. The first-order valence-electron chi connectivity index (χ1n) is 6.39. The molecule has 0 fully saturated rings. The van der Waals surface area contributed by atoms with Gasteiger partial charge in [-0.25, -0.2) is 14.6 Å². The van der Waals surface area contributed by atoms with Gasteiger partial charge >= 0.3 is 0 Å². The Kier molecular flexibility index (Phi) is 3.77. The fourth-order valence-corrected chi connectivity index (χ4v) is 3.76. The van der Waals surface area contributed by atoms with Crippen LogP contribution in [0.5, 0.6) is 0 Å². The van der Waals surface area contributed by atoms with E-state index in [1.165, 1.54) is 22.2 Å². The fraction of sp³-hybridized carbons (Fsp3) is 0.417. The Bertz CT molecular complexity index is 792. The Hall–Kier alpha value is -1.74. The van der Waals surface area contributed by atoms with Crippen LogP contribution in [0.2, 0.25) is 0 Å². The third-order valence-electron chi connectivity index (χ3n) is 3.22. The summed E-state index contributed by atoms with van der Waals surface area (Å²) in [6.07, 6.45) is 0. The summed E-state index contributed by atoms with van der Waals surface area (Å²) in [6, 6.07) is 0. The quantitative estimate of drug-likeness (QED) is 0.737. The van der Waals surface area contributed by atoms with Gasteiger partial charge in [0.2, 0.25) is 5.16 Å². The van der Waals surface area contributed by atoms with Crippen LogP contribution in [0.1, 0.15) is 16.3 Å². The summed E-state index contributed by atoms with van der Waals surface area (Å²) in [5, 5.41) is 16.4. The van der Waals surface area contributed by atoms with Gasteiger partial charge in [-0.15, -0.1) is 16.4 Å². The molecule has 3 aromatic rings. The second-order valence-electron chi connectivity index (χ2n) is 4.58. The van der Waals surface area contributed by atoms with E-state index in [0.29, 0.717) is 5.75 Å². The summed E-state index contributed by atoms with van der Waals surface area (Å²) in [4.78, 5) is 11.6. The third kappa shape index (κ3) is 2.58. The number of tetrazole rings is 1. The molecule has 0 saturated heterocycles. The van der Waals surface area contributed by atoms with Crippen LogP contribution in [-0.4, -0.2) is 37.2 Å². The van der Waals surface area contributed by atoms with Crippen LogP contribution in [0.25, 0.3) is 10.2 Å². The van der Waals surface area contributed by atoms with E-state index in [0.717, 1.165) is 27.0 Å². The molecule has 3 heterocycles. The number of aromatic nitrogens is 6. The number of anilines is 1. The standard InChI is InChI=1S/C12H15N7S2/c1-6-7(2)21-11-9(6)10(13-3)14-8(15-11)5-20-12-16-17-18-19(12)4/h5H2,1-4H3,(H,13,14,15). The van der Waals surface area contributed by atoms with Crippen molar-refractivity contribution in [2.75, 3.05) is 12.4 Å². The van der Waals surface area contributed by atoms with Gasteiger partial charge in [0.15, 0.2) is 0 Å². The molecule has 21 heavy (non-hydrogen) atoms. The van der Waals surface area contributed by atoms with Gasteiger partial charge in [0.25, 0.3) is 0 Å². The predicted molar refractivity (Wildman–Crippen MR) is 84.8 cm³/mol. The molecule has 9 heteroatoms. The average Bonchev–Trinajstić information content (AvgIpc) is 3.00. The van der Waals surface area contributed by atoms with Gasteiger partial charge in [-0.3, -0.25) is 0 Å². The lowest BCUT2D eigenvalue weighted by Crippen LogP contribution is -2.01. The summed E-state index contributed by atoms with van der Waals surface area (Å²) >= 11 is 3.23. The highest BCUT2D eigenvalue weighted by Gasteiger charge is 2.14. The second kappa shape index (κ2) is 5.57. The van der Waals surface area contributed by atoms with Gasteiger partial charge in [0, 0.05) is 19.0 Å². The van der Waals surface area contributed by atoms with Crippen LogP contribution in [0.15, 0.2) is 5.16 Å². The van der Waals surface area contributed by atoms with Gasteiger partial charge in [-0.1, -0.05) is 11.8 Å². The molecule has 0 aliphatic carbocycles. The van der Waals surface area contributed by atoms with E-state index in [-0.39, 0.29) is 0 Å². The van der Waals surface area contributed by atoms with E-state index in [1.807, 2.05) is 14.1 Å². The zero-order chi connectivity index (χ0) is 15.0. The normalized spacial score (nSPS) is 11.2. The van der Waals surface area contributed by atoms with Crippen molar-refractivity contribution in [3.8, 4) is 0 Å². The number of hydrogen-bond donors (Lipinski definition) is 1. The van der Waals surface area contributed by atoms with Crippen LogP contribution in [0.3, 0.4) is 0 Å². The SMILES string of the molecule is CNc1nc(CSc2nnnn2C)nc2sc(C)c(C)c12. The molecule has 0 amide bonds. The molecule has 0 spiro atoms. The van der Waals surface area contributed by atoms with Crippen molar-refractivity contribution >= 4 is 39.1 Å². The van der Waals surface area contributed by atoms with Gasteiger partial charge < -0.3 is 5.32 Å². The molecule has 3 rings (SSSR count). The van der Waals surface area contributed by atoms with Crippen LogP contribution in [-0.2, 0) is 12.8 Å². The van der Waals surface area contributed by atoms with Gasteiger partial charge in [0.05, 0.1) is 11.1 Å². The van der Waals surface area contributed by atoms with E-state index < -0.39 is 0 Å². The van der Waals surface area contributed by atoms with Crippen LogP contribution in [0.4, 0.5) is 5.82 Å². The Labute approximate surface area is 130 Å². The summed E-state index contributed by atoms with van der Waals surface area (Å²) in [7, 11) is 3.70. The van der Waals surface area contributed by atoms with Crippen molar-refractivity contribution in [3.05, 3.63) is 16.3 Å². The molecular formula is C12H15N7S2. The average molecular weight is 321 g/mol. The van der Waals surface area contributed by atoms with E-state index in [2.05, 4.69) is 44.7 Å². The van der Waals surface area contributed by atoms with Gasteiger partial charge in [0.1, 0.15) is 16.5 Å². The molecule has 0 aliphatic heterocycles. The van der Waals surface area contributed by atoms with Gasteiger partial charge in [-0.05, 0) is 29.8 Å². The highest BCUT2D eigenvalue weighted by atomic mass is 32.2. The van der Waals surface area contributed by atoms with E-state index in [9.17, 15) is 0 Å². The molecule has 0 aliphatic rings. The lowest BCUT2D eigenvalue weighted by Gasteiger charge is -2.05. The summed E-state index contributed by atoms with van der Waals surface area (Å²) in [5.74, 6) is 2.30. The molecule has 3 aromatic heterocycles. The van der Waals surface area contributed by atoms with E-state index in [1.54, 1.807) is 16.0 Å². The maximum atomic E-state index is 4.66. The molecule has 1 N–H and O–H groups in total. The topological polar surface area (TPSA) is 81.4 Å². The zero-order valence-electron chi connectivity index (χ0n) is 12.2. The highest BCUT2D eigenvalue weighted by molar-refractivity contribution is 7.98. The predicted octanol–water partition coefficient (Wildman–Crippen LogP) is 2.17. The first-order chi connectivity index (χ1) is 10.1. The summed E-state index contributed by atoms with van der Waals surface area (Å²) < 4.78 is 1.64. The van der Waals surface area contributed by atoms with Crippen LogP contribution in [0, 0.1) is 13.8 Å². The molecule has 0 bridgehead atoms. The lowest BCUT2D eigenvalue weighted by atomic mass is 10.2. The Morgan fingerprint density at radius 2 is 2.10 bits per heavy atom. The second-order valence-corrected chi connectivity index (χ2v) is 6.72. The third-order valence-corrected chi connectivity index (χ3v) is 5.33. The summed E-state index contributed by atoms with van der Waals surface area (Å²) in [6.45, 7) is 4.22. The first-order valence-corrected chi connectivity index (χ1v) is 8.20. The van der Waals surface area contributed by atoms with Crippen LogP contribution >= 0.6 is 23.1 Å². The highest BCUT2D eigenvalue weighted by Crippen LogP contribution is 2.33. The molecular weight excluding hydrogens is 306 g/mol. The number of aryl methyl sites for hydroxylation is 3. The Balaban J connectivity index is 1.94. The van der Waals surface area contributed by atoms with Crippen molar-refractivity contribution in [1.29, 1.82) is 0 Å². The van der Waals surface area contributed by atoms with Crippen molar-refractivity contribution in [3.63, 3.8) is 0 Å². The van der Waals surface area contributed by atoms with Gasteiger partial charge in [-0.2, -0.15) is 0 Å². The maximum Gasteiger partial charge on any atom is 0.209 e. The molecule has 110 valence electrons. The number of nitrogens with zero attached hydrogens (tertiary/aromatic N) is 6. The van der Waals surface area contributed by atoms with Crippen molar-refractivity contribution < 1.29 is 0 Å². The van der Waals surface area contributed by atoms with E-state index in [4.69, 9.17) is 0 Å². The molecule has 7 nitrogen and oxygen atoms in total. The minimum Gasteiger partial charge on any atom is -0.372 e. The lowest BCUT2D eigenvalue weighted by molar-refractivity contribution is 0.664. The molecule has 0 saturated carbocycles. The van der Waals surface area contributed by atoms with Crippen molar-refractivity contribution in [2.45, 2.75) is 24.8 Å². The Morgan fingerprint density at radius 1 is 1.29 bits per heavy atom. The molecule has 0 radical (unpaired) electrons. The number of fused-ring (bicyclic) bond motifs is 1. The maximum absolute atomic E-state index is 4.66. The smallest absolute Gasteiger partial charge is 0.209 e.